The van der Waals surface area contributed by atoms with E-state index in [4.69, 9.17) is 4.42 Å². The van der Waals surface area contributed by atoms with Crippen LogP contribution in [0.2, 0.25) is 0 Å². The molecule has 0 spiro atoms. The highest BCUT2D eigenvalue weighted by molar-refractivity contribution is 5.26. The van der Waals surface area contributed by atoms with Crippen molar-refractivity contribution >= 4 is 0 Å². The van der Waals surface area contributed by atoms with Crippen molar-refractivity contribution in [3.63, 3.8) is 0 Å². The monoisotopic (exact) mass is 298 g/mol. The third-order valence-corrected chi connectivity index (χ3v) is 3.25. The van der Waals surface area contributed by atoms with E-state index in [2.05, 4.69) is 10.3 Å². The molecule has 3 nitrogen and oxygen atoms in total. The molecule has 1 aromatic carbocycles. The van der Waals surface area contributed by atoms with Crippen LogP contribution < -0.4 is 5.32 Å². The highest BCUT2D eigenvalue weighted by Crippen LogP contribution is 2.29. The molecule has 1 aromatic heterocycles. The Morgan fingerprint density at radius 1 is 1.24 bits per heavy atom. The van der Waals surface area contributed by atoms with E-state index in [0.29, 0.717) is 12.4 Å². The minimum atomic E-state index is -4.30. The van der Waals surface area contributed by atoms with E-state index in [1.54, 1.807) is 6.20 Å². The van der Waals surface area contributed by atoms with Crippen LogP contribution in [0.5, 0.6) is 0 Å². The number of alkyl halides is 3. The Kier molecular flexibility index (Phi) is 4.67. The summed E-state index contributed by atoms with van der Waals surface area (Å²) in [5.74, 6) is 1.39. The van der Waals surface area contributed by atoms with Gasteiger partial charge in [0, 0.05) is 12.5 Å². The molecule has 0 fully saturated rings. The molecular formula is C15H17F3N2O. The zero-order chi connectivity index (χ0) is 15.5. The molecular weight excluding hydrogens is 281 g/mol. The van der Waals surface area contributed by atoms with Crippen LogP contribution in [0.15, 0.2) is 34.9 Å². The Hall–Kier alpha value is -1.82. The molecule has 6 heteroatoms. The van der Waals surface area contributed by atoms with E-state index in [0.717, 1.165) is 29.9 Å². The Labute approximate surface area is 121 Å². The molecule has 21 heavy (non-hydrogen) atoms. The first-order valence-corrected chi connectivity index (χ1v) is 6.74. The van der Waals surface area contributed by atoms with Gasteiger partial charge < -0.3 is 9.73 Å². The first-order chi connectivity index (χ1) is 9.90. The van der Waals surface area contributed by atoms with Gasteiger partial charge in [0.25, 0.3) is 0 Å². The summed E-state index contributed by atoms with van der Waals surface area (Å²) < 4.78 is 42.9. The SMILES string of the molecule is CCc1cnc(CNC(C)c2ccc(C(F)(F)F)cc2)o1. The number of halogens is 3. The van der Waals surface area contributed by atoms with E-state index < -0.39 is 11.7 Å². The first kappa shape index (κ1) is 15.6. The maximum absolute atomic E-state index is 12.5. The fourth-order valence-electron chi connectivity index (χ4n) is 1.91. The molecule has 2 rings (SSSR count). The maximum atomic E-state index is 12.5. The number of rotatable bonds is 5. The Balaban J connectivity index is 1.95. The van der Waals surface area contributed by atoms with Gasteiger partial charge in [-0.3, -0.25) is 0 Å². The van der Waals surface area contributed by atoms with Crippen LogP contribution in [0.25, 0.3) is 0 Å². The largest absolute Gasteiger partial charge is 0.444 e. The second-order valence-corrected chi connectivity index (χ2v) is 4.80. The molecule has 0 saturated carbocycles. The van der Waals surface area contributed by atoms with Gasteiger partial charge in [0.1, 0.15) is 5.76 Å². The van der Waals surface area contributed by atoms with Gasteiger partial charge in [-0.2, -0.15) is 13.2 Å². The lowest BCUT2D eigenvalue weighted by Crippen LogP contribution is -2.18. The average Bonchev–Trinajstić information content (AvgIpc) is 2.92. The Bertz CT molecular complexity index is 575. The van der Waals surface area contributed by atoms with Crippen molar-refractivity contribution in [2.45, 2.75) is 39.0 Å². The van der Waals surface area contributed by atoms with Gasteiger partial charge in [-0.25, -0.2) is 4.98 Å². The summed E-state index contributed by atoms with van der Waals surface area (Å²) in [7, 11) is 0. The molecule has 2 aromatic rings. The van der Waals surface area contributed by atoms with Crippen molar-refractivity contribution in [3.05, 3.63) is 53.2 Å². The van der Waals surface area contributed by atoms with Crippen molar-refractivity contribution < 1.29 is 17.6 Å². The number of aryl methyl sites for hydroxylation is 1. The molecule has 0 aliphatic rings. The van der Waals surface area contributed by atoms with Crippen molar-refractivity contribution in [2.24, 2.45) is 0 Å². The number of nitrogens with one attached hydrogen (secondary N) is 1. The molecule has 114 valence electrons. The molecule has 1 unspecified atom stereocenters. The number of hydrogen-bond donors (Lipinski definition) is 1. The number of oxazole rings is 1. The first-order valence-electron chi connectivity index (χ1n) is 6.74. The highest BCUT2D eigenvalue weighted by atomic mass is 19.4. The summed E-state index contributed by atoms with van der Waals surface area (Å²) in [6.07, 6.45) is -1.84. The molecule has 1 N–H and O–H groups in total. The van der Waals surface area contributed by atoms with Gasteiger partial charge in [0.2, 0.25) is 5.89 Å². The van der Waals surface area contributed by atoms with Crippen LogP contribution in [0.4, 0.5) is 13.2 Å². The predicted octanol–water partition coefficient (Wildman–Crippen LogP) is 4.11. The van der Waals surface area contributed by atoms with Gasteiger partial charge in [-0.05, 0) is 24.6 Å². The van der Waals surface area contributed by atoms with Crippen molar-refractivity contribution in [1.29, 1.82) is 0 Å². The molecule has 0 bridgehead atoms. The van der Waals surface area contributed by atoms with Crippen LogP contribution >= 0.6 is 0 Å². The minimum absolute atomic E-state index is 0.0933. The van der Waals surface area contributed by atoms with Gasteiger partial charge in [0.05, 0.1) is 18.3 Å². The fraction of sp³-hybridized carbons (Fsp3) is 0.400. The van der Waals surface area contributed by atoms with Crippen LogP contribution in [0.1, 0.15) is 42.7 Å². The van der Waals surface area contributed by atoms with Gasteiger partial charge in [-0.15, -0.1) is 0 Å². The fourth-order valence-corrected chi connectivity index (χ4v) is 1.91. The summed E-state index contributed by atoms with van der Waals surface area (Å²) in [6, 6.07) is 5.05. The summed E-state index contributed by atoms with van der Waals surface area (Å²) in [5, 5.41) is 3.17. The van der Waals surface area contributed by atoms with E-state index in [1.165, 1.54) is 12.1 Å². The van der Waals surface area contributed by atoms with E-state index in [1.807, 2.05) is 13.8 Å². The number of aromatic nitrogens is 1. The zero-order valence-electron chi connectivity index (χ0n) is 11.9. The molecule has 0 radical (unpaired) electrons. The van der Waals surface area contributed by atoms with E-state index >= 15 is 0 Å². The highest BCUT2D eigenvalue weighted by Gasteiger charge is 2.30. The third-order valence-electron chi connectivity index (χ3n) is 3.25. The van der Waals surface area contributed by atoms with Crippen molar-refractivity contribution in [1.82, 2.24) is 10.3 Å². The molecule has 0 aliphatic heterocycles. The Morgan fingerprint density at radius 3 is 2.43 bits per heavy atom. The molecule has 1 atom stereocenters. The predicted molar refractivity (Wildman–Crippen MR) is 72.6 cm³/mol. The quantitative estimate of drug-likeness (QED) is 0.903. The average molecular weight is 298 g/mol. The Morgan fingerprint density at radius 2 is 1.90 bits per heavy atom. The lowest BCUT2D eigenvalue weighted by molar-refractivity contribution is -0.137. The topological polar surface area (TPSA) is 38.1 Å². The molecule has 0 aliphatic carbocycles. The molecule has 0 amide bonds. The second kappa shape index (κ2) is 6.30. The summed E-state index contributed by atoms with van der Waals surface area (Å²) in [4.78, 5) is 4.12. The van der Waals surface area contributed by atoms with E-state index in [9.17, 15) is 13.2 Å². The van der Waals surface area contributed by atoms with Crippen molar-refractivity contribution in [2.75, 3.05) is 0 Å². The number of hydrogen-bond acceptors (Lipinski definition) is 3. The van der Waals surface area contributed by atoms with Crippen molar-refractivity contribution in [3.8, 4) is 0 Å². The lowest BCUT2D eigenvalue weighted by atomic mass is 10.1. The van der Waals surface area contributed by atoms with Crippen LogP contribution in [0.3, 0.4) is 0 Å². The molecule has 1 heterocycles. The van der Waals surface area contributed by atoms with Crippen LogP contribution in [-0.4, -0.2) is 4.98 Å². The zero-order valence-corrected chi connectivity index (χ0v) is 11.9. The summed E-state index contributed by atoms with van der Waals surface area (Å²) in [5.41, 5.74) is 0.143. The maximum Gasteiger partial charge on any atom is 0.416 e. The summed E-state index contributed by atoms with van der Waals surface area (Å²) in [6.45, 7) is 4.29. The minimum Gasteiger partial charge on any atom is -0.444 e. The third kappa shape index (κ3) is 4.07. The second-order valence-electron chi connectivity index (χ2n) is 4.80. The van der Waals surface area contributed by atoms with Crippen LogP contribution in [0, 0.1) is 0 Å². The normalized spacial score (nSPS) is 13.4. The van der Waals surface area contributed by atoms with Crippen LogP contribution in [-0.2, 0) is 19.1 Å². The van der Waals surface area contributed by atoms with Gasteiger partial charge in [-0.1, -0.05) is 19.1 Å². The molecule has 0 saturated heterocycles. The van der Waals surface area contributed by atoms with Gasteiger partial charge >= 0.3 is 6.18 Å². The number of nitrogens with zero attached hydrogens (tertiary/aromatic N) is 1. The lowest BCUT2D eigenvalue weighted by Gasteiger charge is -2.14. The summed E-state index contributed by atoms with van der Waals surface area (Å²) >= 11 is 0. The number of benzene rings is 1. The van der Waals surface area contributed by atoms with E-state index in [-0.39, 0.29) is 6.04 Å². The smallest absolute Gasteiger partial charge is 0.416 e. The standard InChI is InChI=1S/C15H17F3N2O/c1-3-13-8-20-14(21-13)9-19-10(2)11-4-6-12(7-5-11)15(16,17)18/h4-8,10,19H,3,9H2,1-2H3. The van der Waals surface area contributed by atoms with Gasteiger partial charge in [0.15, 0.2) is 0 Å².